The van der Waals surface area contributed by atoms with Crippen molar-refractivity contribution in [1.82, 2.24) is 24.5 Å². The first-order valence-electron chi connectivity index (χ1n) is 9.75. The van der Waals surface area contributed by atoms with E-state index in [9.17, 15) is 4.79 Å². The minimum atomic E-state index is -0.128. The molecule has 7 nitrogen and oxygen atoms in total. The third kappa shape index (κ3) is 3.99. The molecule has 1 fully saturated rings. The predicted octanol–water partition coefficient (Wildman–Crippen LogP) is 3.06. The van der Waals surface area contributed by atoms with Crippen LogP contribution < -0.4 is 5.32 Å². The monoisotopic (exact) mass is 378 g/mol. The van der Waals surface area contributed by atoms with Gasteiger partial charge in [0.2, 0.25) is 0 Å². The molecule has 4 rings (SSSR count). The van der Waals surface area contributed by atoms with Crippen molar-refractivity contribution >= 4 is 11.6 Å². The van der Waals surface area contributed by atoms with E-state index in [1.54, 1.807) is 15.6 Å². The summed E-state index contributed by atoms with van der Waals surface area (Å²) in [6.07, 6.45) is 7.39. The Morgan fingerprint density at radius 2 is 1.96 bits per heavy atom. The number of nitrogens with one attached hydrogen (secondary N) is 1. The summed E-state index contributed by atoms with van der Waals surface area (Å²) in [5.74, 6) is -0.128. The van der Waals surface area contributed by atoms with Gasteiger partial charge in [0.05, 0.1) is 11.4 Å². The highest BCUT2D eigenvalue weighted by Gasteiger charge is 2.17. The molecule has 1 saturated heterocycles. The SMILES string of the molecule is Cn1cc(NC(=O)c2cccc(CN3CCCCC3)c2)c(-c2ccnn2C)n1. The second kappa shape index (κ2) is 7.98. The molecule has 0 atom stereocenters. The summed E-state index contributed by atoms with van der Waals surface area (Å²) in [4.78, 5) is 15.4. The van der Waals surface area contributed by atoms with Crippen LogP contribution >= 0.6 is 0 Å². The maximum atomic E-state index is 12.9. The van der Waals surface area contributed by atoms with Crippen LogP contribution in [-0.2, 0) is 20.6 Å². The highest BCUT2D eigenvalue weighted by molar-refractivity contribution is 6.05. The maximum Gasteiger partial charge on any atom is 0.255 e. The molecule has 28 heavy (non-hydrogen) atoms. The number of hydrogen-bond donors (Lipinski definition) is 1. The number of carbonyl (C=O) groups is 1. The lowest BCUT2D eigenvalue weighted by Crippen LogP contribution is -2.29. The van der Waals surface area contributed by atoms with E-state index in [-0.39, 0.29) is 5.91 Å². The second-order valence-corrected chi connectivity index (χ2v) is 7.40. The van der Waals surface area contributed by atoms with Gasteiger partial charge in [0.25, 0.3) is 5.91 Å². The molecule has 146 valence electrons. The molecule has 0 bridgehead atoms. The first-order valence-corrected chi connectivity index (χ1v) is 9.75. The summed E-state index contributed by atoms with van der Waals surface area (Å²) in [5, 5.41) is 11.7. The number of piperidine rings is 1. The molecule has 7 heteroatoms. The largest absolute Gasteiger partial charge is 0.319 e. The summed E-state index contributed by atoms with van der Waals surface area (Å²) in [6, 6.07) is 9.78. The van der Waals surface area contributed by atoms with Crippen LogP contribution in [0.2, 0.25) is 0 Å². The summed E-state index contributed by atoms with van der Waals surface area (Å²) >= 11 is 0. The molecule has 1 N–H and O–H groups in total. The van der Waals surface area contributed by atoms with Crippen LogP contribution in [0.1, 0.15) is 35.2 Å². The fourth-order valence-corrected chi connectivity index (χ4v) is 3.76. The molecule has 1 aliphatic rings. The van der Waals surface area contributed by atoms with Gasteiger partial charge >= 0.3 is 0 Å². The molecule has 3 aromatic rings. The number of benzene rings is 1. The van der Waals surface area contributed by atoms with Gasteiger partial charge in [-0.15, -0.1) is 0 Å². The zero-order valence-electron chi connectivity index (χ0n) is 16.4. The average molecular weight is 378 g/mol. The third-order valence-corrected chi connectivity index (χ3v) is 5.18. The first-order chi connectivity index (χ1) is 13.6. The Kier molecular flexibility index (Phi) is 5.25. The summed E-state index contributed by atoms with van der Waals surface area (Å²) < 4.78 is 3.45. The first kappa shape index (κ1) is 18.4. The molecule has 0 aliphatic carbocycles. The molecule has 0 spiro atoms. The van der Waals surface area contributed by atoms with Crippen LogP contribution in [0.15, 0.2) is 42.7 Å². The van der Waals surface area contributed by atoms with E-state index < -0.39 is 0 Å². The third-order valence-electron chi connectivity index (χ3n) is 5.18. The normalized spacial score (nSPS) is 14.9. The van der Waals surface area contributed by atoms with Crippen molar-refractivity contribution < 1.29 is 4.79 Å². The van der Waals surface area contributed by atoms with E-state index in [0.717, 1.165) is 25.3 Å². The molecule has 1 aromatic carbocycles. The highest BCUT2D eigenvalue weighted by atomic mass is 16.1. The van der Waals surface area contributed by atoms with Crippen LogP contribution in [0.5, 0.6) is 0 Å². The van der Waals surface area contributed by atoms with E-state index in [0.29, 0.717) is 16.9 Å². The molecular formula is C21H26N6O. The molecule has 3 heterocycles. The van der Waals surface area contributed by atoms with Crippen molar-refractivity contribution in [2.45, 2.75) is 25.8 Å². The van der Waals surface area contributed by atoms with Gasteiger partial charge in [-0.1, -0.05) is 18.6 Å². The van der Waals surface area contributed by atoms with Gasteiger partial charge in [-0.2, -0.15) is 10.2 Å². The van der Waals surface area contributed by atoms with Gasteiger partial charge in [-0.25, -0.2) is 0 Å². The lowest BCUT2D eigenvalue weighted by atomic mass is 10.1. The highest BCUT2D eigenvalue weighted by Crippen LogP contribution is 2.26. The quantitative estimate of drug-likeness (QED) is 0.741. The Bertz CT molecular complexity index is 967. The summed E-state index contributed by atoms with van der Waals surface area (Å²) in [7, 11) is 3.70. The second-order valence-electron chi connectivity index (χ2n) is 7.40. The summed E-state index contributed by atoms with van der Waals surface area (Å²) in [5.41, 5.74) is 4.08. The Morgan fingerprint density at radius 3 is 2.71 bits per heavy atom. The number of aromatic nitrogens is 4. The molecule has 2 aromatic heterocycles. The Labute approximate surface area is 165 Å². The average Bonchev–Trinajstić information content (AvgIpc) is 3.27. The van der Waals surface area contributed by atoms with Gasteiger partial charge in [-0.05, 0) is 49.7 Å². The van der Waals surface area contributed by atoms with Crippen molar-refractivity contribution in [2.24, 2.45) is 14.1 Å². The number of likely N-dealkylation sites (tertiary alicyclic amines) is 1. The smallest absolute Gasteiger partial charge is 0.255 e. The minimum Gasteiger partial charge on any atom is -0.319 e. The molecular weight excluding hydrogens is 352 g/mol. The van der Waals surface area contributed by atoms with Crippen molar-refractivity contribution in [1.29, 1.82) is 0 Å². The van der Waals surface area contributed by atoms with E-state index in [1.165, 1.54) is 24.8 Å². The lowest BCUT2D eigenvalue weighted by Gasteiger charge is -2.26. The Hall–Kier alpha value is -2.93. The van der Waals surface area contributed by atoms with Gasteiger partial charge in [0, 0.05) is 38.6 Å². The standard InChI is InChI=1S/C21H26N6O/c1-25-15-18(20(24-25)19-9-10-22-26(19)2)23-21(28)17-8-6-7-16(13-17)14-27-11-4-3-5-12-27/h6-10,13,15H,3-5,11-12,14H2,1-2H3,(H,23,28). The van der Waals surface area contributed by atoms with Gasteiger partial charge < -0.3 is 5.32 Å². The lowest BCUT2D eigenvalue weighted by molar-refractivity contribution is 0.102. The van der Waals surface area contributed by atoms with Gasteiger partial charge in [-0.3, -0.25) is 19.1 Å². The molecule has 0 unspecified atom stereocenters. The van der Waals surface area contributed by atoms with Crippen LogP contribution in [0, 0.1) is 0 Å². The van der Waals surface area contributed by atoms with Crippen LogP contribution in [0.4, 0.5) is 5.69 Å². The summed E-state index contributed by atoms with van der Waals surface area (Å²) in [6.45, 7) is 3.18. The maximum absolute atomic E-state index is 12.9. The van der Waals surface area contributed by atoms with Gasteiger partial charge in [0.15, 0.2) is 0 Å². The van der Waals surface area contributed by atoms with Crippen molar-refractivity contribution in [3.05, 3.63) is 53.9 Å². The molecule has 0 radical (unpaired) electrons. The van der Waals surface area contributed by atoms with E-state index >= 15 is 0 Å². The molecule has 1 aliphatic heterocycles. The number of hydrogen-bond acceptors (Lipinski definition) is 4. The van der Waals surface area contributed by atoms with Crippen LogP contribution in [0.25, 0.3) is 11.4 Å². The van der Waals surface area contributed by atoms with Crippen molar-refractivity contribution in [3.8, 4) is 11.4 Å². The van der Waals surface area contributed by atoms with E-state index in [4.69, 9.17) is 0 Å². The van der Waals surface area contributed by atoms with Crippen LogP contribution in [-0.4, -0.2) is 43.5 Å². The number of anilines is 1. The number of amides is 1. The zero-order valence-corrected chi connectivity index (χ0v) is 16.4. The molecule has 1 amide bonds. The Balaban J connectivity index is 1.51. The number of nitrogens with zero attached hydrogens (tertiary/aromatic N) is 5. The Morgan fingerprint density at radius 1 is 1.14 bits per heavy atom. The zero-order chi connectivity index (χ0) is 19.5. The van der Waals surface area contributed by atoms with E-state index in [2.05, 4.69) is 26.5 Å². The van der Waals surface area contributed by atoms with Crippen LogP contribution in [0.3, 0.4) is 0 Å². The molecule has 0 saturated carbocycles. The predicted molar refractivity (Wildman–Crippen MR) is 109 cm³/mol. The fourth-order valence-electron chi connectivity index (χ4n) is 3.76. The number of rotatable bonds is 5. The topological polar surface area (TPSA) is 68.0 Å². The van der Waals surface area contributed by atoms with Gasteiger partial charge in [0.1, 0.15) is 5.69 Å². The number of carbonyl (C=O) groups excluding carboxylic acids is 1. The van der Waals surface area contributed by atoms with E-state index in [1.807, 2.05) is 44.6 Å². The number of aryl methyl sites for hydroxylation is 2. The minimum absolute atomic E-state index is 0.128. The van der Waals surface area contributed by atoms with Crippen molar-refractivity contribution in [2.75, 3.05) is 18.4 Å². The van der Waals surface area contributed by atoms with Crippen molar-refractivity contribution in [3.63, 3.8) is 0 Å². The fraction of sp³-hybridized carbons (Fsp3) is 0.381.